The van der Waals surface area contributed by atoms with Crippen LogP contribution in [0.15, 0.2) is 67.4 Å². The fourth-order valence-electron chi connectivity index (χ4n) is 3.92. The normalized spacial score (nSPS) is 12.3. The van der Waals surface area contributed by atoms with Gasteiger partial charge in [0.15, 0.2) is 11.4 Å². The van der Waals surface area contributed by atoms with Crippen molar-refractivity contribution < 1.29 is 19.0 Å². The predicted octanol–water partition coefficient (Wildman–Crippen LogP) is 7.98. The van der Waals surface area contributed by atoms with Gasteiger partial charge in [-0.2, -0.15) is 0 Å². The molecular formula is C29H30Cl2N4O4. The van der Waals surface area contributed by atoms with E-state index in [2.05, 4.69) is 20.0 Å². The molecule has 0 amide bonds. The molecule has 4 rings (SSSR count). The van der Waals surface area contributed by atoms with E-state index in [4.69, 9.17) is 32.0 Å². The number of unbranched alkanes of at least 4 members (excludes halogenated alkanes) is 4. The Labute approximate surface area is 237 Å². The molecule has 2 heterocycles. The molecule has 2 N–H and O–H groups in total. The third kappa shape index (κ3) is 7.71. The maximum absolute atomic E-state index is 10.2. The smallest absolute Gasteiger partial charge is 0.312 e. The molecule has 0 saturated heterocycles. The van der Waals surface area contributed by atoms with Gasteiger partial charge in [0.1, 0.15) is 0 Å². The zero-order valence-corrected chi connectivity index (χ0v) is 23.3. The summed E-state index contributed by atoms with van der Waals surface area (Å²) < 4.78 is 10.8. The van der Waals surface area contributed by atoms with Gasteiger partial charge in [-0.1, -0.05) is 42.5 Å². The number of aliphatic imine (C=N–C) groups is 2. The standard InChI is InChI=1S/C29H30Cl2N4O4/c1-18(24-28(36)38-26(34-24)20-8-12-22(30)13-9-20)32-16-6-4-3-5-7-17-33-19(2)25-29(37)39-27(35-25)21-10-14-23(31)15-11-21/h8-15,36-37H,3-7,16-17H2,1-2H3. The number of aromatic nitrogens is 2. The molecular weight excluding hydrogens is 539 g/mol. The molecule has 2 aromatic carbocycles. The second-order valence-electron chi connectivity index (χ2n) is 9.06. The topological polar surface area (TPSA) is 117 Å². The van der Waals surface area contributed by atoms with Crippen LogP contribution in [0, 0.1) is 0 Å². The number of rotatable bonds is 12. The van der Waals surface area contributed by atoms with Crippen molar-refractivity contribution in [3.63, 3.8) is 0 Å². The Morgan fingerprint density at radius 2 is 1.00 bits per heavy atom. The molecule has 0 unspecified atom stereocenters. The van der Waals surface area contributed by atoms with Gasteiger partial charge >= 0.3 is 11.9 Å². The van der Waals surface area contributed by atoms with E-state index in [9.17, 15) is 10.2 Å². The molecule has 0 aliphatic rings. The minimum absolute atomic E-state index is 0.239. The van der Waals surface area contributed by atoms with Crippen LogP contribution >= 0.6 is 23.2 Å². The highest BCUT2D eigenvalue weighted by Crippen LogP contribution is 2.29. The van der Waals surface area contributed by atoms with E-state index < -0.39 is 0 Å². The van der Waals surface area contributed by atoms with E-state index in [1.165, 1.54) is 0 Å². The van der Waals surface area contributed by atoms with Crippen molar-refractivity contribution >= 4 is 34.6 Å². The third-order valence-corrected chi connectivity index (χ3v) is 6.60. The Kier molecular flexibility index (Phi) is 9.79. The average Bonchev–Trinajstić information content (AvgIpc) is 3.51. The second-order valence-corrected chi connectivity index (χ2v) is 9.93. The van der Waals surface area contributed by atoms with Crippen LogP contribution in [-0.2, 0) is 0 Å². The number of benzene rings is 2. The Bertz CT molecular complexity index is 1330. The van der Waals surface area contributed by atoms with Gasteiger partial charge in [-0.3, -0.25) is 9.98 Å². The van der Waals surface area contributed by atoms with E-state index in [0.29, 0.717) is 57.7 Å². The van der Waals surface area contributed by atoms with E-state index >= 15 is 0 Å². The molecule has 0 aliphatic carbocycles. The molecule has 0 bridgehead atoms. The summed E-state index contributed by atoms with van der Waals surface area (Å²) in [4.78, 5) is 17.9. The minimum atomic E-state index is -0.239. The highest BCUT2D eigenvalue weighted by atomic mass is 35.5. The lowest BCUT2D eigenvalue weighted by molar-refractivity contribution is 0.336. The molecule has 0 saturated carbocycles. The lowest BCUT2D eigenvalue weighted by atomic mass is 10.1. The molecule has 2 aromatic heterocycles. The molecule has 8 nitrogen and oxygen atoms in total. The Morgan fingerprint density at radius 1 is 0.641 bits per heavy atom. The third-order valence-electron chi connectivity index (χ3n) is 6.10. The van der Waals surface area contributed by atoms with Crippen molar-refractivity contribution in [3.05, 3.63) is 70.0 Å². The number of nitrogens with zero attached hydrogens (tertiary/aromatic N) is 4. The molecule has 0 aliphatic heterocycles. The SMILES string of the molecule is CC(=NCCCCCCCN=C(C)c1nc(-c2ccc(Cl)cc2)oc1O)c1nc(-c2ccc(Cl)cc2)oc1O. The molecule has 0 radical (unpaired) electrons. The molecule has 0 atom stereocenters. The van der Waals surface area contributed by atoms with Crippen LogP contribution in [0.25, 0.3) is 22.9 Å². The Balaban J connectivity index is 1.17. The van der Waals surface area contributed by atoms with Crippen LogP contribution in [0.1, 0.15) is 57.3 Å². The van der Waals surface area contributed by atoms with Gasteiger partial charge in [0, 0.05) is 34.3 Å². The molecule has 204 valence electrons. The largest absolute Gasteiger partial charge is 0.479 e. The van der Waals surface area contributed by atoms with E-state index in [1.54, 1.807) is 48.5 Å². The number of hydrogen-bond acceptors (Lipinski definition) is 8. The minimum Gasteiger partial charge on any atom is -0.479 e. The van der Waals surface area contributed by atoms with Gasteiger partial charge in [-0.25, -0.2) is 9.97 Å². The summed E-state index contributed by atoms with van der Waals surface area (Å²) in [6, 6.07) is 14.1. The fraction of sp³-hybridized carbons (Fsp3) is 0.310. The first kappa shape index (κ1) is 28.4. The van der Waals surface area contributed by atoms with Gasteiger partial charge in [-0.05, 0) is 75.2 Å². The first-order valence-corrected chi connectivity index (χ1v) is 13.5. The lowest BCUT2D eigenvalue weighted by Crippen LogP contribution is -1.98. The van der Waals surface area contributed by atoms with Gasteiger partial charge in [0.05, 0.1) is 11.4 Å². The van der Waals surface area contributed by atoms with Gasteiger partial charge in [0.2, 0.25) is 11.8 Å². The molecule has 10 heteroatoms. The summed E-state index contributed by atoms with van der Waals surface area (Å²) in [5.41, 5.74) is 3.44. The maximum Gasteiger partial charge on any atom is 0.312 e. The molecule has 0 fully saturated rings. The predicted molar refractivity (Wildman–Crippen MR) is 154 cm³/mol. The quantitative estimate of drug-likeness (QED) is 0.132. The van der Waals surface area contributed by atoms with Crippen LogP contribution in [-0.4, -0.2) is 44.7 Å². The molecule has 4 aromatic rings. The van der Waals surface area contributed by atoms with Crippen molar-refractivity contribution in [2.24, 2.45) is 9.98 Å². The first-order chi connectivity index (χ1) is 18.8. The summed E-state index contributed by atoms with van der Waals surface area (Å²) in [5.74, 6) is 0.175. The van der Waals surface area contributed by atoms with Crippen molar-refractivity contribution in [2.75, 3.05) is 13.1 Å². The van der Waals surface area contributed by atoms with Crippen molar-refractivity contribution in [1.82, 2.24) is 9.97 Å². The van der Waals surface area contributed by atoms with E-state index in [0.717, 1.165) is 43.2 Å². The van der Waals surface area contributed by atoms with Crippen LogP contribution in [0.2, 0.25) is 10.0 Å². The summed E-state index contributed by atoms with van der Waals surface area (Å²) >= 11 is 11.9. The number of halogens is 2. The first-order valence-electron chi connectivity index (χ1n) is 12.8. The molecule has 0 spiro atoms. The number of oxazole rings is 2. The van der Waals surface area contributed by atoms with Crippen LogP contribution in [0.3, 0.4) is 0 Å². The van der Waals surface area contributed by atoms with Crippen LogP contribution in [0.5, 0.6) is 11.9 Å². The van der Waals surface area contributed by atoms with Gasteiger partial charge < -0.3 is 19.0 Å². The van der Waals surface area contributed by atoms with E-state index in [-0.39, 0.29) is 11.9 Å². The summed E-state index contributed by atoms with van der Waals surface area (Å²) in [6.07, 6.45) is 5.00. The second kappa shape index (κ2) is 13.4. The van der Waals surface area contributed by atoms with E-state index in [1.807, 2.05) is 13.8 Å². The summed E-state index contributed by atoms with van der Waals surface area (Å²) in [7, 11) is 0. The Morgan fingerprint density at radius 3 is 1.38 bits per heavy atom. The van der Waals surface area contributed by atoms with Crippen LogP contribution in [0.4, 0.5) is 0 Å². The average molecular weight is 569 g/mol. The van der Waals surface area contributed by atoms with Crippen LogP contribution < -0.4 is 0 Å². The number of hydrogen-bond donors (Lipinski definition) is 2. The monoisotopic (exact) mass is 568 g/mol. The Hall–Kier alpha value is -3.62. The number of aromatic hydroxyl groups is 2. The fourth-order valence-corrected chi connectivity index (χ4v) is 4.18. The van der Waals surface area contributed by atoms with Crippen molar-refractivity contribution in [2.45, 2.75) is 46.0 Å². The summed E-state index contributed by atoms with van der Waals surface area (Å²) in [6.45, 7) is 4.92. The van der Waals surface area contributed by atoms with Gasteiger partial charge in [-0.15, -0.1) is 0 Å². The van der Waals surface area contributed by atoms with Gasteiger partial charge in [0.25, 0.3) is 0 Å². The zero-order valence-electron chi connectivity index (χ0n) is 21.8. The molecule has 39 heavy (non-hydrogen) atoms. The summed E-state index contributed by atoms with van der Waals surface area (Å²) in [5, 5.41) is 21.5. The highest BCUT2D eigenvalue weighted by molar-refractivity contribution is 6.30. The highest BCUT2D eigenvalue weighted by Gasteiger charge is 2.17. The zero-order chi connectivity index (χ0) is 27.8. The van der Waals surface area contributed by atoms with Crippen molar-refractivity contribution in [3.8, 4) is 34.8 Å². The van der Waals surface area contributed by atoms with Crippen molar-refractivity contribution in [1.29, 1.82) is 0 Å². The lowest BCUT2D eigenvalue weighted by Gasteiger charge is -2.01. The maximum atomic E-state index is 10.2.